The van der Waals surface area contributed by atoms with Crippen LogP contribution in [0.5, 0.6) is 0 Å². The van der Waals surface area contributed by atoms with E-state index in [1.807, 2.05) is 30.3 Å². The second kappa shape index (κ2) is 9.09. The normalized spacial score (nSPS) is 11.8. The van der Waals surface area contributed by atoms with Gasteiger partial charge >= 0.3 is 11.9 Å². The lowest BCUT2D eigenvalue weighted by atomic mass is 9.96. The Morgan fingerprint density at radius 1 is 0.906 bits per heavy atom. The molecular weight excluding hydrogens is 428 g/mol. The largest absolute Gasteiger partial charge is 0.605 e. The van der Waals surface area contributed by atoms with E-state index in [0.717, 1.165) is 5.56 Å². The van der Waals surface area contributed by atoms with Crippen molar-refractivity contribution in [2.45, 2.75) is 16.3 Å². The summed E-state index contributed by atoms with van der Waals surface area (Å²) in [6.07, 6.45) is 0.154. The van der Waals surface area contributed by atoms with E-state index in [-0.39, 0.29) is 28.5 Å². The first-order valence-corrected chi connectivity index (χ1v) is 10.8. The Hall–Kier alpha value is -3.88. The highest BCUT2D eigenvalue weighted by Gasteiger charge is 2.28. The highest BCUT2D eigenvalue weighted by Crippen LogP contribution is 2.27. The maximum absolute atomic E-state index is 12.9. The number of carboxylic acid groups (broad SMARTS) is 2. The Kier molecular flexibility index (Phi) is 6.07. The van der Waals surface area contributed by atoms with Crippen LogP contribution in [-0.2, 0) is 17.6 Å². The summed E-state index contributed by atoms with van der Waals surface area (Å²) < 4.78 is 12.9. The molecule has 1 unspecified atom stereocenters. The lowest BCUT2D eigenvalue weighted by molar-refractivity contribution is 0.0680. The SMILES string of the molecule is O=C(O)c1cc(Cc2nc([S+]([O-])c3ccccc3)c(C(=O)O)[nH]2)ccc1-c1ccccc1. The fraction of sp³-hybridized carbons (Fsp3) is 0.0417. The third-order valence-corrected chi connectivity index (χ3v) is 6.18. The van der Waals surface area contributed by atoms with E-state index < -0.39 is 23.1 Å². The molecule has 0 saturated heterocycles. The third-order valence-electron chi connectivity index (χ3n) is 4.84. The molecule has 0 bridgehead atoms. The smallest absolute Gasteiger partial charge is 0.359 e. The van der Waals surface area contributed by atoms with Gasteiger partial charge in [-0.1, -0.05) is 60.7 Å². The van der Waals surface area contributed by atoms with Gasteiger partial charge in [0.15, 0.2) is 4.90 Å². The molecule has 1 aromatic heterocycles. The molecule has 0 aliphatic carbocycles. The molecule has 0 saturated carbocycles. The summed E-state index contributed by atoms with van der Waals surface area (Å²) in [6, 6.07) is 22.7. The number of aromatic carboxylic acids is 2. The Morgan fingerprint density at radius 2 is 1.56 bits per heavy atom. The number of hydrogen-bond donors (Lipinski definition) is 3. The van der Waals surface area contributed by atoms with Crippen molar-refractivity contribution >= 4 is 23.1 Å². The highest BCUT2D eigenvalue weighted by molar-refractivity contribution is 7.91. The first-order valence-electron chi connectivity index (χ1n) is 9.64. The molecule has 160 valence electrons. The number of hydrogen-bond acceptors (Lipinski definition) is 4. The van der Waals surface area contributed by atoms with E-state index in [0.29, 0.717) is 16.0 Å². The Balaban J connectivity index is 1.68. The molecule has 0 spiro atoms. The summed E-state index contributed by atoms with van der Waals surface area (Å²) in [5, 5.41) is 19.2. The average molecular weight is 446 g/mol. The van der Waals surface area contributed by atoms with Gasteiger partial charge in [0, 0.05) is 17.6 Å². The van der Waals surface area contributed by atoms with Gasteiger partial charge in [-0.2, -0.15) is 4.98 Å². The number of rotatable bonds is 7. The second-order valence-electron chi connectivity index (χ2n) is 6.98. The number of nitrogens with zero attached hydrogens (tertiary/aromatic N) is 1. The topological polar surface area (TPSA) is 126 Å². The zero-order valence-corrected chi connectivity index (χ0v) is 17.5. The van der Waals surface area contributed by atoms with Gasteiger partial charge in [0.1, 0.15) is 5.82 Å². The summed E-state index contributed by atoms with van der Waals surface area (Å²) >= 11 is -1.77. The number of carboxylic acids is 2. The Labute approximate surface area is 186 Å². The first-order chi connectivity index (χ1) is 15.4. The average Bonchev–Trinajstić information content (AvgIpc) is 3.24. The van der Waals surface area contributed by atoms with Crippen LogP contribution in [-0.4, -0.2) is 36.7 Å². The fourth-order valence-corrected chi connectivity index (χ4v) is 4.51. The van der Waals surface area contributed by atoms with Crippen LogP contribution in [0.15, 0.2) is 88.8 Å². The minimum Gasteiger partial charge on any atom is -0.605 e. The summed E-state index contributed by atoms with van der Waals surface area (Å²) in [7, 11) is 0. The van der Waals surface area contributed by atoms with Crippen LogP contribution < -0.4 is 0 Å². The number of imidazole rings is 1. The quantitative estimate of drug-likeness (QED) is 0.365. The minimum absolute atomic E-state index is 0.0712. The maximum atomic E-state index is 12.9. The number of nitrogens with one attached hydrogen (secondary N) is 1. The van der Waals surface area contributed by atoms with Crippen molar-refractivity contribution < 1.29 is 24.4 Å². The molecule has 0 fully saturated rings. The molecular formula is C24H18N2O5S. The zero-order valence-electron chi connectivity index (χ0n) is 16.7. The molecule has 3 aromatic carbocycles. The Morgan fingerprint density at radius 3 is 2.19 bits per heavy atom. The summed E-state index contributed by atoms with van der Waals surface area (Å²) in [5.41, 5.74) is 1.87. The lowest BCUT2D eigenvalue weighted by Gasteiger charge is -2.09. The van der Waals surface area contributed by atoms with Crippen molar-refractivity contribution in [2.75, 3.05) is 0 Å². The maximum Gasteiger partial charge on any atom is 0.359 e. The van der Waals surface area contributed by atoms with Gasteiger partial charge in [-0.05, 0) is 34.9 Å². The van der Waals surface area contributed by atoms with Crippen LogP contribution in [0, 0.1) is 0 Å². The summed E-state index contributed by atoms with van der Waals surface area (Å²) in [4.78, 5) is 31.0. The molecule has 1 atom stereocenters. The zero-order chi connectivity index (χ0) is 22.7. The molecule has 0 radical (unpaired) electrons. The van der Waals surface area contributed by atoms with E-state index in [2.05, 4.69) is 9.97 Å². The van der Waals surface area contributed by atoms with Crippen molar-refractivity contribution in [3.8, 4) is 11.1 Å². The van der Waals surface area contributed by atoms with Gasteiger partial charge in [0.25, 0.3) is 5.03 Å². The van der Waals surface area contributed by atoms with E-state index in [9.17, 15) is 24.4 Å². The number of carbonyl (C=O) groups is 2. The van der Waals surface area contributed by atoms with Crippen molar-refractivity contribution in [1.82, 2.24) is 9.97 Å². The van der Waals surface area contributed by atoms with Crippen LogP contribution in [0.1, 0.15) is 32.2 Å². The van der Waals surface area contributed by atoms with Crippen LogP contribution in [0.4, 0.5) is 0 Å². The van der Waals surface area contributed by atoms with Crippen LogP contribution in [0.2, 0.25) is 0 Å². The molecule has 8 heteroatoms. The van der Waals surface area contributed by atoms with Crippen LogP contribution in [0.3, 0.4) is 0 Å². The molecule has 7 nitrogen and oxygen atoms in total. The minimum atomic E-state index is -1.77. The van der Waals surface area contributed by atoms with Gasteiger partial charge in [0.05, 0.1) is 5.56 Å². The van der Waals surface area contributed by atoms with Crippen LogP contribution >= 0.6 is 0 Å². The second-order valence-corrected chi connectivity index (χ2v) is 8.37. The molecule has 3 N–H and O–H groups in total. The number of aromatic nitrogens is 2. The number of benzene rings is 3. The Bertz CT molecular complexity index is 1270. The molecule has 32 heavy (non-hydrogen) atoms. The molecule has 0 amide bonds. The predicted octanol–water partition coefficient (Wildman–Crippen LogP) is 4.23. The van der Waals surface area contributed by atoms with Crippen molar-refractivity contribution in [3.63, 3.8) is 0 Å². The van der Waals surface area contributed by atoms with Crippen LogP contribution in [0.25, 0.3) is 11.1 Å². The number of H-pyrrole nitrogens is 1. The lowest BCUT2D eigenvalue weighted by Crippen LogP contribution is -2.09. The van der Waals surface area contributed by atoms with E-state index in [4.69, 9.17) is 0 Å². The monoisotopic (exact) mass is 446 g/mol. The third kappa shape index (κ3) is 4.41. The van der Waals surface area contributed by atoms with Gasteiger partial charge in [-0.3, -0.25) is 0 Å². The summed E-state index contributed by atoms with van der Waals surface area (Å²) in [6.45, 7) is 0. The van der Waals surface area contributed by atoms with E-state index in [1.54, 1.807) is 48.5 Å². The molecule has 4 aromatic rings. The van der Waals surface area contributed by atoms with Gasteiger partial charge in [-0.15, -0.1) is 0 Å². The molecule has 0 aliphatic rings. The standard InChI is InChI=1S/C24H18N2O5S/c27-23(28)19-13-15(11-12-18(19)16-7-3-1-4-8-16)14-20-25-21(24(29)30)22(26-20)32(31)17-9-5-2-6-10-17/h1-13H,14H2,(H,25,26)(H,27,28)(H,29,30). The van der Waals surface area contributed by atoms with Crippen molar-refractivity contribution in [2.24, 2.45) is 0 Å². The molecule has 4 rings (SSSR count). The van der Waals surface area contributed by atoms with E-state index >= 15 is 0 Å². The van der Waals surface area contributed by atoms with Crippen molar-refractivity contribution in [1.29, 1.82) is 0 Å². The van der Waals surface area contributed by atoms with Gasteiger partial charge in [0.2, 0.25) is 5.69 Å². The number of aromatic amines is 1. The van der Waals surface area contributed by atoms with Gasteiger partial charge in [-0.25, -0.2) is 9.59 Å². The van der Waals surface area contributed by atoms with Crippen molar-refractivity contribution in [3.05, 3.63) is 102 Å². The fourth-order valence-electron chi connectivity index (χ4n) is 3.36. The molecule has 1 heterocycles. The van der Waals surface area contributed by atoms with E-state index in [1.165, 1.54) is 0 Å². The molecule has 0 aliphatic heterocycles. The first kappa shape index (κ1) is 21.4. The highest BCUT2D eigenvalue weighted by atomic mass is 32.2. The van der Waals surface area contributed by atoms with Gasteiger partial charge < -0.3 is 19.7 Å². The summed E-state index contributed by atoms with van der Waals surface area (Å²) in [5.74, 6) is -2.05. The predicted molar refractivity (Wildman–Crippen MR) is 118 cm³/mol.